The van der Waals surface area contributed by atoms with E-state index in [2.05, 4.69) is 38.6 Å². The first kappa shape index (κ1) is 12.1. The van der Waals surface area contributed by atoms with Crippen LogP contribution in [0.4, 0.5) is 10.1 Å². The zero-order valence-corrected chi connectivity index (χ0v) is 9.82. The Morgan fingerprint density at radius 3 is 3.00 bits per heavy atom. The summed E-state index contributed by atoms with van der Waals surface area (Å²) in [6, 6.07) is 6.29. The zero-order chi connectivity index (χ0) is 13.0. The van der Waals surface area contributed by atoms with Crippen LogP contribution in [0.1, 0.15) is 5.82 Å². The standard InChI is InChI=1S/C10H7FN6S/c11-8-3-7(18)1-2-9(8)13-5-6(4-12)10-14-16-17-15-10/h1-3,5,13,18H,(H,14,15,16,17). The fraction of sp³-hybridized carbons (Fsp3) is 0. The lowest BCUT2D eigenvalue weighted by Gasteiger charge is -2.03. The highest BCUT2D eigenvalue weighted by Gasteiger charge is 2.06. The number of thiol groups is 1. The number of nitrogens with one attached hydrogen (secondary N) is 2. The Balaban J connectivity index is 2.22. The number of nitriles is 1. The third-order valence-electron chi connectivity index (χ3n) is 2.03. The highest BCUT2D eigenvalue weighted by atomic mass is 32.1. The van der Waals surface area contributed by atoms with Crippen LogP contribution in [-0.2, 0) is 0 Å². The summed E-state index contributed by atoms with van der Waals surface area (Å²) in [6.07, 6.45) is 1.31. The Morgan fingerprint density at radius 1 is 1.56 bits per heavy atom. The summed E-state index contributed by atoms with van der Waals surface area (Å²) in [4.78, 5) is 0.515. The van der Waals surface area contributed by atoms with Gasteiger partial charge < -0.3 is 5.32 Å². The van der Waals surface area contributed by atoms with E-state index in [1.54, 1.807) is 6.07 Å². The summed E-state index contributed by atoms with van der Waals surface area (Å²) in [5, 5.41) is 24.4. The molecule has 0 bridgehead atoms. The first-order valence-electron chi connectivity index (χ1n) is 4.80. The van der Waals surface area contributed by atoms with E-state index in [-0.39, 0.29) is 17.1 Å². The van der Waals surface area contributed by atoms with E-state index in [0.717, 1.165) is 0 Å². The number of halogens is 1. The predicted octanol–water partition coefficient (Wildman–Crippen LogP) is 1.60. The molecule has 0 spiro atoms. The van der Waals surface area contributed by atoms with Gasteiger partial charge in [0.1, 0.15) is 17.5 Å². The molecule has 0 aliphatic heterocycles. The van der Waals surface area contributed by atoms with Crippen molar-refractivity contribution in [3.8, 4) is 6.07 Å². The summed E-state index contributed by atoms with van der Waals surface area (Å²) in [5.74, 6) is -0.333. The van der Waals surface area contributed by atoms with Crippen LogP contribution in [0.2, 0.25) is 0 Å². The molecule has 18 heavy (non-hydrogen) atoms. The highest BCUT2D eigenvalue weighted by Crippen LogP contribution is 2.18. The van der Waals surface area contributed by atoms with Crippen molar-refractivity contribution >= 4 is 23.9 Å². The lowest BCUT2D eigenvalue weighted by atomic mass is 10.3. The molecule has 0 radical (unpaired) electrons. The number of hydrogen-bond acceptors (Lipinski definition) is 6. The van der Waals surface area contributed by atoms with Crippen molar-refractivity contribution < 1.29 is 4.39 Å². The molecule has 0 aliphatic carbocycles. The average molecular weight is 262 g/mol. The average Bonchev–Trinajstić information content (AvgIpc) is 2.86. The van der Waals surface area contributed by atoms with Gasteiger partial charge in [-0.25, -0.2) is 4.39 Å². The lowest BCUT2D eigenvalue weighted by Crippen LogP contribution is -1.95. The molecule has 2 N–H and O–H groups in total. The number of aromatic amines is 1. The minimum Gasteiger partial charge on any atom is -0.358 e. The third kappa shape index (κ3) is 2.64. The molecule has 6 nitrogen and oxygen atoms in total. The molecule has 1 aromatic carbocycles. The summed E-state index contributed by atoms with van der Waals surface area (Å²) in [5.41, 5.74) is 0.363. The van der Waals surface area contributed by atoms with Gasteiger partial charge in [-0.2, -0.15) is 10.5 Å². The lowest BCUT2D eigenvalue weighted by molar-refractivity contribution is 0.628. The maximum Gasteiger partial charge on any atom is 0.216 e. The van der Waals surface area contributed by atoms with Crippen LogP contribution in [0, 0.1) is 17.1 Å². The Kier molecular flexibility index (Phi) is 3.54. The molecular formula is C10H7FN6S. The molecule has 0 amide bonds. The predicted molar refractivity (Wildman–Crippen MR) is 65.0 cm³/mol. The van der Waals surface area contributed by atoms with E-state index in [1.807, 2.05) is 6.07 Å². The fourth-order valence-corrected chi connectivity index (χ4v) is 1.38. The minimum atomic E-state index is -0.468. The minimum absolute atomic E-state index is 0.135. The summed E-state index contributed by atoms with van der Waals surface area (Å²) < 4.78 is 13.5. The van der Waals surface area contributed by atoms with Gasteiger partial charge in [0, 0.05) is 11.1 Å². The summed E-state index contributed by atoms with van der Waals surface area (Å²) >= 11 is 4.01. The second-order valence-electron chi connectivity index (χ2n) is 3.21. The number of nitrogens with zero attached hydrogens (tertiary/aromatic N) is 4. The van der Waals surface area contributed by atoms with Crippen molar-refractivity contribution in [1.29, 1.82) is 5.26 Å². The third-order valence-corrected chi connectivity index (χ3v) is 2.31. The molecule has 8 heteroatoms. The van der Waals surface area contributed by atoms with Gasteiger partial charge in [-0.05, 0) is 23.4 Å². The number of allylic oxidation sites excluding steroid dienone is 1. The fourth-order valence-electron chi connectivity index (χ4n) is 1.19. The van der Waals surface area contributed by atoms with Gasteiger partial charge in [-0.1, -0.05) is 0 Å². The quantitative estimate of drug-likeness (QED) is 0.577. The van der Waals surface area contributed by atoms with Crippen molar-refractivity contribution in [1.82, 2.24) is 20.6 Å². The topological polar surface area (TPSA) is 90.3 Å². The largest absolute Gasteiger partial charge is 0.358 e. The molecule has 1 aromatic heterocycles. The van der Waals surface area contributed by atoms with Crippen LogP contribution in [-0.4, -0.2) is 20.6 Å². The Morgan fingerprint density at radius 2 is 2.39 bits per heavy atom. The van der Waals surface area contributed by atoms with Gasteiger partial charge in [0.25, 0.3) is 0 Å². The van der Waals surface area contributed by atoms with Crippen molar-refractivity contribution in [2.24, 2.45) is 0 Å². The van der Waals surface area contributed by atoms with E-state index >= 15 is 0 Å². The van der Waals surface area contributed by atoms with Crippen LogP contribution in [0.5, 0.6) is 0 Å². The van der Waals surface area contributed by atoms with E-state index in [9.17, 15) is 4.39 Å². The van der Waals surface area contributed by atoms with Gasteiger partial charge in [-0.3, -0.25) is 0 Å². The Labute approximate surface area is 107 Å². The van der Waals surface area contributed by atoms with E-state index < -0.39 is 5.82 Å². The van der Waals surface area contributed by atoms with Crippen LogP contribution < -0.4 is 5.32 Å². The highest BCUT2D eigenvalue weighted by molar-refractivity contribution is 7.80. The Bertz CT molecular complexity index is 616. The number of aromatic nitrogens is 4. The monoisotopic (exact) mass is 262 g/mol. The summed E-state index contributed by atoms with van der Waals surface area (Å²) in [6.45, 7) is 0. The summed E-state index contributed by atoms with van der Waals surface area (Å²) in [7, 11) is 0. The van der Waals surface area contributed by atoms with E-state index in [4.69, 9.17) is 5.26 Å². The van der Waals surface area contributed by atoms with Gasteiger partial charge in [-0.15, -0.1) is 22.8 Å². The van der Waals surface area contributed by atoms with Crippen LogP contribution in [0.15, 0.2) is 29.3 Å². The smallest absolute Gasteiger partial charge is 0.216 e. The molecule has 1 heterocycles. The molecule has 2 rings (SSSR count). The number of hydrogen-bond donors (Lipinski definition) is 3. The van der Waals surface area contributed by atoms with Gasteiger partial charge in [0.2, 0.25) is 5.82 Å². The Hall–Kier alpha value is -2.40. The van der Waals surface area contributed by atoms with E-state index in [0.29, 0.717) is 4.90 Å². The molecule has 90 valence electrons. The number of rotatable bonds is 3. The SMILES string of the molecule is N#CC(=CNc1ccc(S)cc1F)c1nn[nH]n1. The van der Waals surface area contributed by atoms with Gasteiger partial charge in [0.05, 0.1) is 5.69 Å². The van der Waals surface area contributed by atoms with Crippen molar-refractivity contribution in [3.05, 3.63) is 36.0 Å². The zero-order valence-electron chi connectivity index (χ0n) is 8.92. The van der Waals surface area contributed by atoms with Crippen molar-refractivity contribution in [2.75, 3.05) is 5.32 Å². The van der Waals surface area contributed by atoms with Gasteiger partial charge in [0.15, 0.2) is 0 Å². The number of anilines is 1. The second-order valence-corrected chi connectivity index (χ2v) is 3.73. The van der Waals surface area contributed by atoms with Gasteiger partial charge >= 0.3 is 0 Å². The molecule has 0 saturated heterocycles. The number of tetrazole rings is 1. The number of benzene rings is 1. The first-order valence-corrected chi connectivity index (χ1v) is 5.24. The molecule has 0 atom stereocenters. The normalized spacial score (nSPS) is 11.1. The van der Waals surface area contributed by atoms with Crippen LogP contribution >= 0.6 is 12.6 Å². The van der Waals surface area contributed by atoms with Crippen molar-refractivity contribution in [3.63, 3.8) is 0 Å². The first-order chi connectivity index (χ1) is 8.70. The molecule has 0 saturated carbocycles. The maximum atomic E-state index is 13.5. The molecule has 0 aliphatic rings. The molecule has 0 unspecified atom stereocenters. The van der Waals surface area contributed by atoms with E-state index in [1.165, 1.54) is 18.3 Å². The maximum absolute atomic E-state index is 13.5. The molecular weight excluding hydrogens is 255 g/mol. The molecule has 0 fully saturated rings. The second kappa shape index (κ2) is 5.29. The van der Waals surface area contributed by atoms with Crippen LogP contribution in [0.3, 0.4) is 0 Å². The van der Waals surface area contributed by atoms with Crippen molar-refractivity contribution in [2.45, 2.75) is 4.90 Å². The molecule has 2 aromatic rings. The number of H-pyrrole nitrogens is 1. The van der Waals surface area contributed by atoms with Crippen LogP contribution in [0.25, 0.3) is 5.57 Å².